The van der Waals surface area contributed by atoms with Crippen molar-refractivity contribution in [3.8, 4) is 22.7 Å². The lowest BCUT2D eigenvalue weighted by atomic mass is 9.84. The number of hydrogen-bond donors (Lipinski definition) is 2. The van der Waals surface area contributed by atoms with Crippen LogP contribution in [0.15, 0.2) is 49.7 Å². The van der Waals surface area contributed by atoms with Crippen LogP contribution in [0.25, 0.3) is 22.5 Å². The number of piperidine rings is 1. The lowest BCUT2D eigenvalue weighted by Crippen LogP contribution is -2.48. The van der Waals surface area contributed by atoms with Crippen LogP contribution in [0.2, 0.25) is 0 Å². The molecule has 2 aliphatic heterocycles. The third-order valence-electron chi connectivity index (χ3n) is 5.98. The molecule has 0 spiro atoms. The molecule has 2 fully saturated rings. The summed E-state index contributed by atoms with van der Waals surface area (Å²) in [5.41, 5.74) is 2.03. The molecule has 2 N–H and O–H groups in total. The maximum absolute atomic E-state index is 14.8. The van der Waals surface area contributed by atoms with E-state index in [-0.39, 0.29) is 24.0 Å². The van der Waals surface area contributed by atoms with Crippen molar-refractivity contribution < 1.29 is 13.9 Å². The first-order valence-electron chi connectivity index (χ1n) is 9.76. The third kappa shape index (κ3) is 3.15. The second-order valence-corrected chi connectivity index (χ2v) is 7.78. The summed E-state index contributed by atoms with van der Waals surface area (Å²) in [5, 5.41) is 21.7. The number of phenolic OH excluding ortho intramolecular Hbond substituents is 1. The van der Waals surface area contributed by atoms with Gasteiger partial charge in [0.1, 0.15) is 23.8 Å². The van der Waals surface area contributed by atoms with E-state index in [0.29, 0.717) is 23.3 Å². The van der Waals surface area contributed by atoms with E-state index in [1.165, 1.54) is 6.20 Å². The molecule has 154 valence electrons. The monoisotopic (exact) mass is 410 g/mol. The third-order valence-corrected chi connectivity index (χ3v) is 5.98. The number of allylic oxidation sites excluding steroid dienone is 1. The minimum absolute atomic E-state index is 0.0246. The minimum atomic E-state index is -1.24. The summed E-state index contributed by atoms with van der Waals surface area (Å²) >= 11 is 0. The maximum Gasteiger partial charge on any atom is 0.177 e. The Balaban J connectivity index is 1.36. The smallest absolute Gasteiger partial charge is 0.177 e. The molecule has 1 aromatic carbocycles. The van der Waals surface area contributed by atoms with Gasteiger partial charge >= 0.3 is 0 Å². The number of phenols is 1. The Labute approximate surface area is 171 Å². The van der Waals surface area contributed by atoms with E-state index in [1.54, 1.807) is 35.4 Å². The predicted octanol–water partition coefficient (Wildman–Crippen LogP) is 2.87. The number of fused-ring (bicyclic) bond motifs is 2. The molecule has 5 atom stereocenters. The van der Waals surface area contributed by atoms with Crippen molar-refractivity contribution in [2.24, 2.45) is 5.92 Å². The van der Waals surface area contributed by atoms with Crippen molar-refractivity contribution in [1.82, 2.24) is 30.0 Å². The number of hydrogen-bond acceptors (Lipinski definition) is 6. The van der Waals surface area contributed by atoms with Gasteiger partial charge < -0.3 is 15.0 Å². The average molecular weight is 410 g/mol. The molecule has 30 heavy (non-hydrogen) atoms. The molecule has 4 heterocycles. The number of imidazole rings is 1. The Morgan fingerprint density at radius 3 is 2.77 bits per heavy atom. The highest BCUT2D eigenvalue weighted by atomic mass is 19.1. The molecule has 0 saturated carbocycles. The summed E-state index contributed by atoms with van der Waals surface area (Å²) in [4.78, 5) is 8.27. The van der Waals surface area contributed by atoms with Crippen molar-refractivity contribution in [1.29, 1.82) is 0 Å². The van der Waals surface area contributed by atoms with Crippen LogP contribution in [-0.2, 0) is 0 Å². The zero-order chi connectivity index (χ0) is 20.8. The Bertz CT molecular complexity index is 1070. The first-order valence-corrected chi connectivity index (χ1v) is 9.76. The molecule has 2 saturated heterocycles. The average Bonchev–Trinajstić information content (AvgIpc) is 3.39. The molecule has 0 aliphatic carbocycles. The summed E-state index contributed by atoms with van der Waals surface area (Å²) in [7, 11) is 0. The highest BCUT2D eigenvalue weighted by Gasteiger charge is 2.48. The van der Waals surface area contributed by atoms with Crippen LogP contribution in [0, 0.1) is 5.92 Å². The van der Waals surface area contributed by atoms with Crippen molar-refractivity contribution >= 4 is 5.57 Å². The van der Waals surface area contributed by atoms with Gasteiger partial charge in [-0.05, 0) is 30.5 Å². The van der Waals surface area contributed by atoms with E-state index in [1.807, 2.05) is 6.07 Å². The molecule has 5 rings (SSSR count). The van der Waals surface area contributed by atoms with Crippen LogP contribution in [0.5, 0.6) is 5.75 Å². The zero-order valence-corrected chi connectivity index (χ0v) is 16.0. The SMILES string of the molecule is C=C(c1ncc(-c2ccc(-n3ccnc3)cc2O)nn1)[C@@H]1C[C@@H]2N[C@@H](C[C@@H]2F)[C@H]1F. The quantitative estimate of drug-likeness (QED) is 0.688. The molecule has 2 bridgehead atoms. The van der Waals surface area contributed by atoms with E-state index in [2.05, 4.69) is 32.1 Å². The first kappa shape index (κ1) is 18.8. The lowest BCUT2D eigenvalue weighted by molar-refractivity contribution is 0.163. The molecular weight excluding hydrogens is 390 g/mol. The van der Waals surface area contributed by atoms with E-state index < -0.39 is 24.3 Å². The van der Waals surface area contributed by atoms with Crippen molar-refractivity contribution in [2.75, 3.05) is 0 Å². The number of halogens is 2. The molecule has 9 heteroatoms. The van der Waals surface area contributed by atoms with Gasteiger partial charge in [-0.25, -0.2) is 18.7 Å². The van der Waals surface area contributed by atoms with Crippen molar-refractivity contribution in [3.05, 3.63) is 55.5 Å². The standard InChI is InChI=1S/C21H20F2N6O/c1-11(14-7-16-15(22)8-17(26-16)20(14)23)21-25-9-18(27-28-21)13-3-2-12(6-19(13)30)29-5-4-24-10-29/h2-6,9-10,14-17,20,26,30H,1,7-8H2/t14-,15-,16-,17-,20-/m0/s1. The van der Waals surface area contributed by atoms with Crippen molar-refractivity contribution in [3.63, 3.8) is 0 Å². The second-order valence-electron chi connectivity index (χ2n) is 7.78. The Morgan fingerprint density at radius 1 is 1.20 bits per heavy atom. The lowest BCUT2D eigenvalue weighted by Gasteiger charge is -2.33. The normalized spacial score (nSPS) is 27.9. The van der Waals surface area contributed by atoms with E-state index in [0.717, 1.165) is 5.69 Å². The second kappa shape index (κ2) is 7.24. The number of aromatic nitrogens is 5. The summed E-state index contributed by atoms with van der Waals surface area (Å²) in [6.45, 7) is 3.97. The Kier molecular flexibility index (Phi) is 4.54. The van der Waals surface area contributed by atoms with Gasteiger partial charge in [0.15, 0.2) is 5.82 Å². The van der Waals surface area contributed by atoms with Gasteiger partial charge in [0.25, 0.3) is 0 Å². The first-order chi connectivity index (χ1) is 14.5. The van der Waals surface area contributed by atoms with Gasteiger partial charge in [-0.2, -0.15) is 0 Å². The number of nitrogens with zero attached hydrogens (tertiary/aromatic N) is 5. The summed E-state index contributed by atoms with van der Waals surface area (Å²) in [6.07, 6.45) is 4.74. The van der Waals surface area contributed by atoms with Crippen LogP contribution in [0.3, 0.4) is 0 Å². The minimum Gasteiger partial charge on any atom is -0.507 e. The van der Waals surface area contributed by atoms with Gasteiger partial charge in [0.2, 0.25) is 0 Å². The van der Waals surface area contributed by atoms with Crippen LogP contribution in [-0.4, -0.2) is 54.3 Å². The fourth-order valence-corrected chi connectivity index (χ4v) is 4.33. The highest BCUT2D eigenvalue weighted by Crippen LogP contribution is 2.40. The van der Waals surface area contributed by atoms with Gasteiger partial charge in [0.05, 0.1) is 18.2 Å². The molecule has 2 aliphatic rings. The van der Waals surface area contributed by atoms with Gasteiger partial charge in [-0.3, -0.25) is 0 Å². The topological polar surface area (TPSA) is 88.8 Å². The summed E-state index contributed by atoms with van der Waals surface area (Å²) in [6, 6.07) is 4.27. The van der Waals surface area contributed by atoms with Crippen LogP contribution < -0.4 is 5.32 Å². The summed E-state index contributed by atoms with van der Waals surface area (Å²) in [5.74, 6) is -0.285. The molecule has 0 radical (unpaired) electrons. The number of benzene rings is 1. The van der Waals surface area contributed by atoms with Crippen molar-refractivity contribution in [2.45, 2.75) is 37.3 Å². The van der Waals surface area contributed by atoms with Crippen LogP contribution in [0.4, 0.5) is 8.78 Å². The predicted molar refractivity (Wildman–Crippen MR) is 106 cm³/mol. The van der Waals surface area contributed by atoms with E-state index in [9.17, 15) is 13.9 Å². The number of nitrogens with one attached hydrogen (secondary N) is 1. The molecule has 0 unspecified atom stereocenters. The fraction of sp³-hybridized carbons (Fsp3) is 0.333. The van der Waals surface area contributed by atoms with Crippen LogP contribution >= 0.6 is 0 Å². The van der Waals surface area contributed by atoms with Crippen LogP contribution in [0.1, 0.15) is 18.7 Å². The molecule has 7 nitrogen and oxygen atoms in total. The molecule has 0 amide bonds. The molecule has 3 aromatic rings. The number of rotatable bonds is 4. The molecular formula is C21H20F2N6O. The van der Waals surface area contributed by atoms with Gasteiger partial charge in [-0.1, -0.05) is 6.58 Å². The maximum atomic E-state index is 14.8. The zero-order valence-electron chi connectivity index (χ0n) is 16.0. The number of aromatic hydroxyl groups is 1. The highest BCUT2D eigenvalue weighted by molar-refractivity contribution is 5.68. The number of alkyl halides is 2. The summed E-state index contributed by atoms with van der Waals surface area (Å²) < 4.78 is 30.5. The van der Waals surface area contributed by atoms with E-state index in [4.69, 9.17) is 0 Å². The fourth-order valence-electron chi connectivity index (χ4n) is 4.33. The Hall–Kier alpha value is -3.20. The van der Waals surface area contributed by atoms with E-state index >= 15 is 0 Å². The molecule has 2 aromatic heterocycles. The Morgan fingerprint density at radius 2 is 2.07 bits per heavy atom. The van der Waals surface area contributed by atoms with Gasteiger partial charge in [0, 0.05) is 42.0 Å². The van der Waals surface area contributed by atoms with Gasteiger partial charge in [-0.15, -0.1) is 10.2 Å². The largest absolute Gasteiger partial charge is 0.507 e.